The van der Waals surface area contributed by atoms with E-state index in [1.54, 1.807) is 0 Å². The lowest BCUT2D eigenvalue weighted by molar-refractivity contribution is -0.134. The molecule has 9 atom stereocenters. The summed E-state index contributed by atoms with van der Waals surface area (Å²) in [6.45, 7) is 7.03. The zero-order valence-electron chi connectivity index (χ0n) is 30.5. The van der Waals surface area contributed by atoms with Gasteiger partial charge in [-0.3, -0.25) is 24.1 Å². The molecule has 3 saturated carbocycles. The smallest absolute Gasteiger partial charge is 0.240 e. The third kappa shape index (κ3) is 10.9. The third-order valence-corrected chi connectivity index (χ3v) is 12.4. The molecule has 49 heavy (non-hydrogen) atoms. The molecule has 0 radical (unpaired) electrons. The van der Waals surface area contributed by atoms with Gasteiger partial charge in [0.2, 0.25) is 23.6 Å². The number of aliphatic hydroxyl groups is 1. The third-order valence-electron chi connectivity index (χ3n) is 12.4. The fraction of sp³-hybridized carbons (Fsp3) is 0.895. The predicted molar refractivity (Wildman–Crippen MR) is 190 cm³/mol. The van der Waals surface area contributed by atoms with Gasteiger partial charge < -0.3 is 32.1 Å². The van der Waals surface area contributed by atoms with Crippen molar-refractivity contribution in [2.45, 2.75) is 178 Å². The fourth-order valence-corrected chi connectivity index (χ4v) is 9.74. The van der Waals surface area contributed by atoms with E-state index in [9.17, 15) is 24.3 Å². The molecule has 4 unspecified atom stereocenters. The van der Waals surface area contributed by atoms with Gasteiger partial charge in [0.25, 0.3) is 0 Å². The minimum atomic E-state index is -1.14. The first kappa shape index (κ1) is 38.0. The van der Waals surface area contributed by atoms with Gasteiger partial charge in [0.05, 0.1) is 30.7 Å². The van der Waals surface area contributed by atoms with E-state index in [0.29, 0.717) is 42.6 Å². The maximum atomic E-state index is 13.6. The lowest BCUT2D eigenvalue weighted by Gasteiger charge is -2.47. The molecule has 4 amide bonds. The van der Waals surface area contributed by atoms with E-state index >= 15 is 0 Å². The molecular formula is C38H66N6O5. The van der Waals surface area contributed by atoms with Crippen molar-refractivity contribution in [2.24, 2.45) is 29.4 Å². The molecule has 2 saturated heterocycles. The minimum absolute atomic E-state index is 0.00287. The van der Waals surface area contributed by atoms with Crippen molar-refractivity contribution in [3.63, 3.8) is 0 Å². The molecule has 0 bridgehead atoms. The Hall–Kier alpha value is -2.24. The van der Waals surface area contributed by atoms with Gasteiger partial charge in [-0.2, -0.15) is 0 Å². The summed E-state index contributed by atoms with van der Waals surface area (Å²) >= 11 is 0. The molecule has 278 valence electrons. The Bertz CT molecular complexity index is 1140. The Morgan fingerprint density at radius 3 is 2.16 bits per heavy atom. The van der Waals surface area contributed by atoms with Gasteiger partial charge in [-0.05, 0) is 89.4 Å². The Morgan fingerprint density at radius 1 is 0.816 bits per heavy atom. The number of nitrogens with two attached hydrogens (primary N) is 1. The van der Waals surface area contributed by atoms with Crippen LogP contribution in [0.4, 0.5) is 0 Å². The number of hydrogen-bond acceptors (Lipinski definition) is 7. The van der Waals surface area contributed by atoms with Crippen LogP contribution in [-0.4, -0.2) is 88.6 Å². The zero-order chi connectivity index (χ0) is 35.1. The van der Waals surface area contributed by atoms with Crippen molar-refractivity contribution in [1.82, 2.24) is 26.2 Å². The summed E-state index contributed by atoms with van der Waals surface area (Å²) in [4.78, 5) is 55.1. The fourth-order valence-electron chi connectivity index (χ4n) is 9.74. The number of nitrogens with zero attached hydrogens (tertiary/aromatic N) is 1. The quantitative estimate of drug-likeness (QED) is 0.183. The highest BCUT2D eigenvalue weighted by molar-refractivity contribution is 5.92. The van der Waals surface area contributed by atoms with E-state index in [-0.39, 0.29) is 36.4 Å². The molecule has 0 spiro atoms. The van der Waals surface area contributed by atoms with Crippen LogP contribution in [0.15, 0.2) is 0 Å². The molecule has 0 aromatic heterocycles. The average molecular weight is 687 g/mol. The number of amides is 4. The monoisotopic (exact) mass is 687 g/mol. The first-order valence-electron chi connectivity index (χ1n) is 19.8. The van der Waals surface area contributed by atoms with Crippen molar-refractivity contribution >= 4 is 23.6 Å². The van der Waals surface area contributed by atoms with Gasteiger partial charge in [-0.1, -0.05) is 64.2 Å². The van der Waals surface area contributed by atoms with Gasteiger partial charge in [-0.25, -0.2) is 0 Å². The standard InChI is InChI=1S/C38H66N6O5/c1-38(2,3)43-37(49)32-20-26-14-7-8-15-27(26)22-44(32)23-33(45)30(19-24-11-5-4-6-12-24)41-34(46)21-31(35(39)47)42-36(48)29-18-17-25-13-9-10-16-28(25)40-29/h24-33,40,45H,4-23H2,1-3H3,(H2,39,47)(H,41,46)(H,42,48)(H,43,49)/t25?,26-,27+,28?,29?,30-,31?,32-,33+/m0/s1. The van der Waals surface area contributed by atoms with Crippen LogP contribution < -0.4 is 27.0 Å². The van der Waals surface area contributed by atoms with Crippen LogP contribution in [0.5, 0.6) is 0 Å². The molecule has 0 aromatic rings. The summed E-state index contributed by atoms with van der Waals surface area (Å²) in [7, 11) is 0. The van der Waals surface area contributed by atoms with Crippen molar-refractivity contribution in [3.8, 4) is 0 Å². The molecule has 3 aliphatic carbocycles. The summed E-state index contributed by atoms with van der Waals surface area (Å²) in [5, 5.41) is 24.4. The number of fused-ring (bicyclic) bond motifs is 2. The number of primary amides is 1. The number of piperidine rings is 2. The van der Waals surface area contributed by atoms with Crippen LogP contribution in [-0.2, 0) is 19.2 Å². The Balaban J connectivity index is 1.24. The second-order valence-electron chi connectivity index (χ2n) is 17.3. The lowest BCUT2D eigenvalue weighted by atomic mass is 9.72. The average Bonchev–Trinajstić information content (AvgIpc) is 3.06. The number of carbonyl (C=O) groups excluding carboxylic acids is 4. The Morgan fingerprint density at radius 2 is 1.47 bits per heavy atom. The summed E-state index contributed by atoms with van der Waals surface area (Å²) in [6.07, 6.45) is 16.9. The maximum absolute atomic E-state index is 13.6. The molecule has 7 N–H and O–H groups in total. The molecule has 2 aliphatic heterocycles. The lowest BCUT2D eigenvalue weighted by Crippen LogP contribution is -2.60. The number of carbonyl (C=O) groups is 4. The van der Waals surface area contributed by atoms with Gasteiger partial charge in [0.15, 0.2) is 0 Å². The SMILES string of the molecule is CC(C)(C)NC(=O)[C@@H]1C[C@@H]2CCCC[C@@H]2CN1C[C@@H](O)[C@H](CC1CCCCC1)NC(=O)CC(NC(=O)C1CCC2CCCCC2N1)C(N)=O. The summed E-state index contributed by atoms with van der Waals surface area (Å²) in [5.74, 6) is 0.556. The van der Waals surface area contributed by atoms with Crippen LogP contribution in [0.25, 0.3) is 0 Å². The van der Waals surface area contributed by atoms with Gasteiger partial charge in [-0.15, -0.1) is 0 Å². The Labute approximate surface area is 294 Å². The number of hydrogen-bond donors (Lipinski definition) is 6. The van der Waals surface area contributed by atoms with E-state index in [1.165, 1.54) is 32.1 Å². The van der Waals surface area contributed by atoms with Crippen molar-refractivity contribution in [2.75, 3.05) is 13.1 Å². The molecule has 5 rings (SSSR count). The largest absolute Gasteiger partial charge is 0.390 e. The second-order valence-corrected chi connectivity index (χ2v) is 17.3. The summed E-state index contributed by atoms with van der Waals surface area (Å²) < 4.78 is 0. The van der Waals surface area contributed by atoms with E-state index in [1.807, 2.05) is 20.8 Å². The number of aliphatic hydroxyl groups excluding tert-OH is 1. The van der Waals surface area contributed by atoms with E-state index in [0.717, 1.165) is 70.8 Å². The molecule has 11 nitrogen and oxygen atoms in total. The van der Waals surface area contributed by atoms with Crippen LogP contribution in [0.3, 0.4) is 0 Å². The first-order valence-corrected chi connectivity index (χ1v) is 19.8. The molecule has 5 aliphatic rings. The van der Waals surface area contributed by atoms with Crippen LogP contribution >= 0.6 is 0 Å². The second kappa shape index (κ2) is 17.3. The van der Waals surface area contributed by atoms with Crippen LogP contribution in [0.2, 0.25) is 0 Å². The minimum Gasteiger partial charge on any atom is -0.390 e. The molecule has 0 aromatic carbocycles. The highest BCUT2D eigenvalue weighted by Gasteiger charge is 2.42. The molecule has 5 fully saturated rings. The van der Waals surface area contributed by atoms with Gasteiger partial charge in [0.1, 0.15) is 6.04 Å². The number of nitrogens with one attached hydrogen (secondary N) is 4. The number of likely N-dealkylation sites (tertiary alicyclic amines) is 1. The van der Waals surface area contributed by atoms with Crippen molar-refractivity contribution < 1.29 is 24.3 Å². The first-order chi connectivity index (χ1) is 23.4. The number of rotatable bonds is 12. The van der Waals surface area contributed by atoms with E-state index in [2.05, 4.69) is 26.2 Å². The topological polar surface area (TPSA) is 166 Å². The highest BCUT2D eigenvalue weighted by atomic mass is 16.3. The Kier molecular flexibility index (Phi) is 13.4. The van der Waals surface area contributed by atoms with Crippen LogP contribution in [0, 0.1) is 23.7 Å². The van der Waals surface area contributed by atoms with Gasteiger partial charge >= 0.3 is 0 Å². The summed E-state index contributed by atoms with van der Waals surface area (Å²) in [5.41, 5.74) is 5.36. The van der Waals surface area contributed by atoms with Crippen molar-refractivity contribution in [3.05, 3.63) is 0 Å². The van der Waals surface area contributed by atoms with Gasteiger partial charge in [0, 0.05) is 24.7 Å². The number of β-amino-alcohol motifs (C(OH)–C–C–N with tert-alkyl or cyclic N) is 1. The van der Waals surface area contributed by atoms with E-state index < -0.39 is 36.0 Å². The molecule has 11 heteroatoms. The summed E-state index contributed by atoms with van der Waals surface area (Å²) in [6, 6.07) is -2.09. The van der Waals surface area contributed by atoms with Crippen molar-refractivity contribution in [1.29, 1.82) is 0 Å². The molecular weight excluding hydrogens is 620 g/mol. The normalized spacial score (nSPS) is 31.7. The molecule has 2 heterocycles. The zero-order valence-corrected chi connectivity index (χ0v) is 30.5. The van der Waals surface area contributed by atoms with E-state index in [4.69, 9.17) is 5.73 Å². The van der Waals surface area contributed by atoms with Crippen LogP contribution in [0.1, 0.15) is 136 Å². The predicted octanol–water partition coefficient (Wildman–Crippen LogP) is 3.27. The highest BCUT2D eigenvalue weighted by Crippen LogP contribution is 2.39. The maximum Gasteiger partial charge on any atom is 0.240 e.